The van der Waals surface area contributed by atoms with Crippen LogP contribution in [0.1, 0.15) is 28.6 Å². The molecule has 3 rings (SSSR count). The van der Waals surface area contributed by atoms with Gasteiger partial charge in [-0.25, -0.2) is 0 Å². The van der Waals surface area contributed by atoms with Crippen LogP contribution in [-0.4, -0.2) is 11.9 Å². The summed E-state index contributed by atoms with van der Waals surface area (Å²) in [4.78, 5) is 12.1. The molecule has 0 saturated heterocycles. The summed E-state index contributed by atoms with van der Waals surface area (Å²) in [6.07, 6.45) is 0.999. The van der Waals surface area contributed by atoms with Gasteiger partial charge in [0.15, 0.2) is 11.0 Å². The molecule has 0 spiro atoms. The Morgan fingerprint density at radius 3 is 2.89 bits per heavy atom. The Morgan fingerprint density at radius 1 is 1.33 bits per heavy atom. The van der Waals surface area contributed by atoms with Gasteiger partial charge >= 0.3 is 0 Å². The third-order valence-corrected chi connectivity index (χ3v) is 3.16. The first-order valence-corrected chi connectivity index (χ1v) is 6.11. The zero-order valence-electron chi connectivity index (χ0n) is 9.77. The SMILES string of the molecule is CC1Cc2cc(C(=O)c3ccc(Cl)o3)ccc2O1. The molecule has 18 heavy (non-hydrogen) atoms. The van der Waals surface area contributed by atoms with Crippen molar-refractivity contribution >= 4 is 17.4 Å². The monoisotopic (exact) mass is 262 g/mol. The number of rotatable bonds is 2. The first kappa shape index (κ1) is 11.4. The standard InChI is InChI=1S/C14H11ClO3/c1-8-6-10-7-9(2-3-11(10)17-8)14(16)12-4-5-13(15)18-12/h2-5,7-8H,6H2,1H3. The highest BCUT2D eigenvalue weighted by atomic mass is 35.5. The highest BCUT2D eigenvalue weighted by molar-refractivity contribution is 6.29. The van der Waals surface area contributed by atoms with Crippen molar-refractivity contribution in [1.29, 1.82) is 0 Å². The van der Waals surface area contributed by atoms with Crippen molar-refractivity contribution in [2.45, 2.75) is 19.4 Å². The molecule has 4 heteroatoms. The van der Waals surface area contributed by atoms with Crippen LogP contribution < -0.4 is 4.74 Å². The molecule has 0 bridgehead atoms. The van der Waals surface area contributed by atoms with Crippen molar-refractivity contribution in [3.63, 3.8) is 0 Å². The Morgan fingerprint density at radius 2 is 2.17 bits per heavy atom. The Bertz CT molecular complexity index is 615. The summed E-state index contributed by atoms with van der Waals surface area (Å²) in [5, 5.41) is 0.219. The van der Waals surface area contributed by atoms with E-state index in [-0.39, 0.29) is 22.9 Å². The summed E-state index contributed by atoms with van der Waals surface area (Å²) in [7, 11) is 0. The minimum atomic E-state index is -0.163. The third kappa shape index (κ3) is 1.91. The van der Waals surface area contributed by atoms with E-state index in [4.69, 9.17) is 20.8 Å². The summed E-state index contributed by atoms with van der Waals surface area (Å²) in [6, 6.07) is 8.58. The summed E-state index contributed by atoms with van der Waals surface area (Å²) in [6.45, 7) is 2.01. The second-order valence-electron chi connectivity index (χ2n) is 4.39. The molecule has 1 atom stereocenters. The van der Waals surface area contributed by atoms with E-state index in [1.807, 2.05) is 19.1 Å². The van der Waals surface area contributed by atoms with Crippen LogP contribution in [0.15, 0.2) is 34.7 Å². The van der Waals surface area contributed by atoms with Gasteiger partial charge in [0.2, 0.25) is 5.78 Å². The Kier molecular flexibility index (Phi) is 2.63. The molecule has 3 nitrogen and oxygen atoms in total. The van der Waals surface area contributed by atoms with Gasteiger partial charge in [0.1, 0.15) is 11.9 Å². The lowest BCUT2D eigenvalue weighted by molar-refractivity contribution is 0.101. The Labute approximate surface area is 109 Å². The number of halogens is 1. The van der Waals surface area contributed by atoms with Gasteiger partial charge in [-0.3, -0.25) is 4.79 Å². The molecule has 0 aliphatic carbocycles. The first-order chi connectivity index (χ1) is 8.63. The number of ether oxygens (including phenoxy) is 1. The van der Waals surface area contributed by atoms with Crippen LogP contribution in [0.3, 0.4) is 0 Å². The highest BCUT2D eigenvalue weighted by Crippen LogP contribution is 2.30. The molecule has 0 amide bonds. The normalized spacial score (nSPS) is 17.3. The van der Waals surface area contributed by atoms with Crippen molar-refractivity contribution in [1.82, 2.24) is 0 Å². The zero-order chi connectivity index (χ0) is 12.7. The molecular weight excluding hydrogens is 252 g/mol. The van der Waals surface area contributed by atoms with Gasteiger partial charge < -0.3 is 9.15 Å². The van der Waals surface area contributed by atoms with E-state index in [1.54, 1.807) is 18.2 Å². The molecule has 0 radical (unpaired) electrons. The van der Waals surface area contributed by atoms with Gasteiger partial charge in [-0.1, -0.05) is 0 Å². The molecule has 92 valence electrons. The number of ketones is 1. The van der Waals surface area contributed by atoms with E-state index in [0.29, 0.717) is 5.56 Å². The molecule has 0 N–H and O–H groups in total. The Hall–Kier alpha value is -1.74. The van der Waals surface area contributed by atoms with Crippen molar-refractivity contribution in [2.24, 2.45) is 0 Å². The lowest BCUT2D eigenvalue weighted by Crippen LogP contribution is -2.05. The van der Waals surface area contributed by atoms with E-state index in [1.165, 1.54) is 0 Å². The number of furan rings is 1. The number of carbonyl (C=O) groups excluding carboxylic acids is 1. The van der Waals surface area contributed by atoms with Crippen LogP contribution in [0.5, 0.6) is 5.75 Å². The molecule has 0 fully saturated rings. The molecule has 1 aliphatic heterocycles. The van der Waals surface area contributed by atoms with Crippen molar-refractivity contribution in [3.05, 3.63) is 52.4 Å². The van der Waals surface area contributed by atoms with Crippen LogP contribution in [-0.2, 0) is 6.42 Å². The maximum absolute atomic E-state index is 12.1. The van der Waals surface area contributed by atoms with Crippen LogP contribution in [0.25, 0.3) is 0 Å². The number of hydrogen-bond acceptors (Lipinski definition) is 3. The first-order valence-electron chi connectivity index (χ1n) is 5.73. The number of hydrogen-bond donors (Lipinski definition) is 0. The molecule has 1 unspecified atom stereocenters. The van der Waals surface area contributed by atoms with E-state index >= 15 is 0 Å². The van der Waals surface area contributed by atoms with Crippen LogP contribution in [0, 0.1) is 0 Å². The third-order valence-electron chi connectivity index (χ3n) is 2.96. The molecule has 0 saturated carbocycles. The maximum atomic E-state index is 12.1. The average molecular weight is 263 g/mol. The highest BCUT2D eigenvalue weighted by Gasteiger charge is 2.21. The van der Waals surface area contributed by atoms with Crippen LogP contribution in [0.2, 0.25) is 5.22 Å². The predicted octanol–water partition coefficient (Wildman–Crippen LogP) is 3.49. The molecule has 1 aromatic carbocycles. The maximum Gasteiger partial charge on any atom is 0.228 e. The summed E-state index contributed by atoms with van der Waals surface area (Å²) in [5.41, 5.74) is 1.66. The Balaban J connectivity index is 1.94. The van der Waals surface area contributed by atoms with Crippen LogP contribution in [0.4, 0.5) is 0 Å². The minimum absolute atomic E-state index is 0.163. The van der Waals surface area contributed by atoms with Crippen molar-refractivity contribution in [3.8, 4) is 5.75 Å². The minimum Gasteiger partial charge on any atom is -0.490 e. The van der Waals surface area contributed by atoms with Gasteiger partial charge in [0.05, 0.1) is 0 Å². The fraction of sp³-hybridized carbons (Fsp3) is 0.214. The van der Waals surface area contributed by atoms with Crippen molar-refractivity contribution < 1.29 is 13.9 Å². The van der Waals surface area contributed by atoms with E-state index < -0.39 is 0 Å². The lowest BCUT2D eigenvalue weighted by atomic mass is 10.0. The molecule has 2 heterocycles. The molecule has 1 aliphatic rings. The molecular formula is C14H11ClO3. The average Bonchev–Trinajstić information content (AvgIpc) is 2.92. The second kappa shape index (κ2) is 4.18. The van der Waals surface area contributed by atoms with Crippen molar-refractivity contribution in [2.75, 3.05) is 0 Å². The van der Waals surface area contributed by atoms with E-state index in [9.17, 15) is 4.79 Å². The van der Waals surface area contributed by atoms with Gasteiger partial charge in [-0.2, -0.15) is 0 Å². The topological polar surface area (TPSA) is 39.4 Å². The van der Waals surface area contributed by atoms with E-state index in [2.05, 4.69) is 0 Å². The quantitative estimate of drug-likeness (QED) is 0.778. The fourth-order valence-corrected chi connectivity index (χ4v) is 2.29. The molecule has 1 aromatic heterocycles. The van der Waals surface area contributed by atoms with Gasteiger partial charge in [-0.15, -0.1) is 0 Å². The summed E-state index contributed by atoms with van der Waals surface area (Å²) >= 11 is 5.67. The summed E-state index contributed by atoms with van der Waals surface area (Å²) in [5.74, 6) is 0.952. The smallest absolute Gasteiger partial charge is 0.228 e. The van der Waals surface area contributed by atoms with Gasteiger partial charge in [-0.05, 0) is 54.4 Å². The van der Waals surface area contributed by atoms with Gasteiger partial charge in [0.25, 0.3) is 0 Å². The van der Waals surface area contributed by atoms with E-state index in [0.717, 1.165) is 17.7 Å². The number of carbonyl (C=O) groups is 1. The predicted molar refractivity (Wildman–Crippen MR) is 67.4 cm³/mol. The van der Waals surface area contributed by atoms with Gasteiger partial charge in [0, 0.05) is 12.0 Å². The number of fused-ring (bicyclic) bond motifs is 1. The summed E-state index contributed by atoms with van der Waals surface area (Å²) < 4.78 is 10.7. The van der Waals surface area contributed by atoms with Crippen LogP contribution >= 0.6 is 11.6 Å². The molecule has 2 aromatic rings. The largest absolute Gasteiger partial charge is 0.490 e. The number of benzene rings is 1. The second-order valence-corrected chi connectivity index (χ2v) is 4.76. The fourth-order valence-electron chi connectivity index (χ4n) is 2.14. The zero-order valence-corrected chi connectivity index (χ0v) is 10.5. The lowest BCUT2D eigenvalue weighted by Gasteiger charge is -2.02.